The van der Waals surface area contributed by atoms with Crippen LogP contribution in [0, 0.1) is 17.8 Å². The predicted octanol–water partition coefficient (Wildman–Crippen LogP) is 3.79. The number of hydrogen-bond donors (Lipinski definition) is 2. The molecule has 1 aromatic rings. The lowest BCUT2D eigenvalue weighted by Crippen LogP contribution is -2.57. The fraction of sp³-hybridized carbons (Fsp3) is 0.636. The molecule has 148 valence electrons. The van der Waals surface area contributed by atoms with Gasteiger partial charge in [0.2, 0.25) is 11.8 Å². The molecule has 3 rings (SSSR count). The van der Waals surface area contributed by atoms with Crippen LogP contribution in [0.3, 0.4) is 0 Å². The molecule has 1 heterocycles. The van der Waals surface area contributed by atoms with Gasteiger partial charge in [-0.05, 0) is 48.8 Å². The van der Waals surface area contributed by atoms with Crippen LogP contribution in [0.4, 0.5) is 0 Å². The molecule has 0 bridgehead atoms. The van der Waals surface area contributed by atoms with Crippen LogP contribution in [0.25, 0.3) is 0 Å². The third kappa shape index (κ3) is 5.07. The number of carbonyl (C=O) groups is 2. The molecule has 4 nitrogen and oxygen atoms in total. The summed E-state index contributed by atoms with van der Waals surface area (Å²) in [6.07, 6.45) is 3.34. The summed E-state index contributed by atoms with van der Waals surface area (Å²) in [5.74, 6) is 1.29. The third-order valence-electron chi connectivity index (χ3n) is 6.13. The lowest BCUT2D eigenvalue weighted by Gasteiger charge is -2.45. The Bertz CT molecular complexity index is 673. The van der Waals surface area contributed by atoms with Gasteiger partial charge in [0.1, 0.15) is 0 Å². The van der Waals surface area contributed by atoms with Crippen molar-refractivity contribution >= 4 is 23.6 Å². The summed E-state index contributed by atoms with van der Waals surface area (Å²) in [5, 5.41) is 6.93. The Hall–Kier alpha value is -1.49. The minimum Gasteiger partial charge on any atom is -0.353 e. The fourth-order valence-electron chi connectivity index (χ4n) is 4.47. The van der Waals surface area contributed by atoms with E-state index >= 15 is 0 Å². The van der Waals surface area contributed by atoms with E-state index in [1.807, 2.05) is 30.8 Å². The summed E-state index contributed by atoms with van der Waals surface area (Å²) in [7, 11) is 0. The highest BCUT2D eigenvalue weighted by atomic mass is 32.2. The molecular weight excluding hydrogens is 356 g/mol. The zero-order valence-electron chi connectivity index (χ0n) is 16.8. The van der Waals surface area contributed by atoms with Gasteiger partial charge in [0, 0.05) is 28.1 Å². The van der Waals surface area contributed by atoms with Crippen LogP contribution in [-0.2, 0) is 16.0 Å². The summed E-state index contributed by atoms with van der Waals surface area (Å²) in [4.78, 5) is 25.8. The summed E-state index contributed by atoms with van der Waals surface area (Å²) >= 11 is 1.83. The number of nitrogens with one attached hydrogen (secondary N) is 2. The first kappa shape index (κ1) is 20.2. The van der Waals surface area contributed by atoms with Crippen molar-refractivity contribution in [3.63, 3.8) is 0 Å². The molecule has 1 aliphatic heterocycles. The molecule has 1 aromatic carbocycles. The van der Waals surface area contributed by atoms with Crippen molar-refractivity contribution in [1.29, 1.82) is 0 Å². The van der Waals surface area contributed by atoms with Gasteiger partial charge in [-0.1, -0.05) is 39.8 Å². The Labute approximate surface area is 167 Å². The Morgan fingerprint density at radius 2 is 1.93 bits per heavy atom. The lowest BCUT2D eigenvalue weighted by molar-refractivity contribution is -0.132. The molecule has 2 fully saturated rings. The Balaban J connectivity index is 1.51. The molecule has 0 spiro atoms. The summed E-state index contributed by atoms with van der Waals surface area (Å²) in [6, 6.07) is 8.65. The first-order chi connectivity index (χ1) is 12.8. The molecule has 1 saturated heterocycles. The van der Waals surface area contributed by atoms with Crippen LogP contribution < -0.4 is 10.6 Å². The van der Waals surface area contributed by atoms with Gasteiger partial charge in [0.15, 0.2) is 0 Å². The zero-order valence-corrected chi connectivity index (χ0v) is 17.6. The van der Waals surface area contributed by atoms with Crippen molar-refractivity contribution < 1.29 is 9.59 Å². The molecule has 2 amide bonds. The topological polar surface area (TPSA) is 58.2 Å². The van der Waals surface area contributed by atoms with Crippen LogP contribution in [-0.4, -0.2) is 29.1 Å². The van der Waals surface area contributed by atoms with E-state index in [4.69, 9.17) is 0 Å². The first-order valence-corrected chi connectivity index (χ1v) is 11.1. The minimum atomic E-state index is 0.0752. The van der Waals surface area contributed by atoms with E-state index in [-0.39, 0.29) is 29.8 Å². The molecule has 0 aromatic heterocycles. The third-order valence-corrected chi connectivity index (χ3v) is 7.15. The zero-order chi connectivity index (χ0) is 19.6. The van der Waals surface area contributed by atoms with Gasteiger partial charge in [-0.25, -0.2) is 0 Å². The fourth-order valence-corrected chi connectivity index (χ4v) is 5.30. The smallest absolute Gasteiger partial charge is 0.224 e. The second-order valence-electron chi connectivity index (χ2n) is 8.49. The van der Waals surface area contributed by atoms with Crippen molar-refractivity contribution in [3.8, 4) is 0 Å². The molecule has 5 atom stereocenters. The van der Waals surface area contributed by atoms with Crippen molar-refractivity contribution in [2.75, 3.05) is 0 Å². The monoisotopic (exact) mass is 388 g/mol. The molecule has 1 aliphatic carbocycles. The number of rotatable bonds is 5. The van der Waals surface area contributed by atoms with Gasteiger partial charge in [-0.15, -0.1) is 11.8 Å². The van der Waals surface area contributed by atoms with Gasteiger partial charge in [0.25, 0.3) is 0 Å². The van der Waals surface area contributed by atoms with Gasteiger partial charge in [-0.2, -0.15) is 0 Å². The van der Waals surface area contributed by atoms with E-state index in [0.29, 0.717) is 23.5 Å². The van der Waals surface area contributed by atoms with Gasteiger partial charge < -0.3 is 10.6 Å². The lowest BCUT2D eigenvalue weighted by atomic mass is 9.68. The number of hydrogen-bond acceptors (Lipinski definition) is 3. The quantitative estimate of drug-likeness (QED) is 0.755. The van der Waals surface area contributed by atoms with Gasteiger partial charge >= 0.3 is 0 Å². The maximum absolute atomic E-state index is 12.5. The van der Waals surface area contributed by atoms with Crippen LogP contribution in [0.5, 0.6) is 0 Å². The highest BCUT2D eigenvalue weighted by Crippen LogP contribution is 2.37. The van der Waals surface area contributed by atoms with Gasteiger partial charge in [0.05, 0.1) is 6.42 Å². The van der Waals surface area contributed by atoms with E-state index in [9.17, 15) is 9.59 Å². The van der Waals surface area contributed by atoms with Crippen molar-refractivity contribution in [3.05, 3.63) is 29.8 Å². The van der Waals surface area contributed by atoms with Crippen LogP contribution in [0.2, 0.25) is 0 Å². The van der Waals surface area contributed by atoms with E-state index < -0.39 is 0 Å². The highest BCUT2D eigenvalue weighted by Gasteiger charge is 2.42. The molecule has 1 saturated carbocycles. The number of fused-ring (bicyclic) bond motifs is 1. The Morgan fingerprint density at radius 3 is 2.59 bits per heavy atom. The molecule has 0 radical (unpaired) electrons. The summed E-state index contributed by atoms with van der Waals surface area (Å²) in [5.41, 5.74) is 1.04. The second kappa shape index (κ2) is 8.68. The maximum Gasteiger partial charge on any atom is 0.224 e. The Kier molecular flexibility index (Phi) is 6.51. The number of thioether (sulfide) groups is 1. The van der Waals surface area contributed by atoms with E-state index in [1.165, 1.54) is 4.90 Å². The van der Waals surface area contributed by atoms with Crippen molar-refractivity contribution in [1.82, 2.24) is 10.6 Å². The van der Waals surface area contributed by atoms with Gasteiger partial charge in [-0.3, -0.25) is 9.59 Å². The molecule has 2 N–H and O–H groups in total. The maximum atomic E-state index is 12.5. The van der Waals surface area contributed by atoms with Crippen molar-refractivity contribution in [2.24, 2.45) is 17.8 Å². The minimum absolute atomic E-state index is 0.0752. The molecule has 27 heavy (non-hydrogen) atoms. The molecule has 5 heteroatoms. The van der Waals surface area contributed by atoms with Crippen LogP contribution in [0.15, 0.2) is 29.2 Å². The van der Waals surface area contributed by atoms with Crippen molar-refractivity contribution in [2.45, 2.75) is 75.6 Å². The number of benzene rings is 1. The average Bonchev–Trinajstić information content (AvgIpc) is 2.61. The number of carbonyl (C=O) groups excluding carboxylic acids is 2. The molecule has 2 aliphatic rings. The standard InChI is InChI=1S/C22H32N2O2S/c1-13(2)27-18-8-5-16(6-9-18)11-21(25)23-17-7-10-19-14(3)15(4)22(26)24-20(19)12-17/h5-6,8-9,13-15,17,19-20H,7,10-12H2,1-4H3,(H,23,25)(H,24,26). The van der Waals surface area contributed by atoms with E-state index in [1.54, 1.807) is 0 Å². The predicted molar refractivity (Wildman–Crippen MR) is 111 cm³/mol. The SMILES string of the molecule is CC(C)Sc1ccc(CC(=O)NC2CCC3C(C2)NC(=O)C(C)C3C)cc1. The molecular formula is C22H32N2O2S. The van der Waals surface area contributed by atoms with Crippen LogP contribution in [0.1, 0.15) is 52.5 Å². The average molecular weight is 389 g/mol. The number of piperidine rings is 1. The second-order valence-corrected chi connectivity index (χ2v) is 10.1. The molecule has 5 unspecified atom stereocenters. The summed E-state index contributed by atoms with van der Waals surface area (Å²) in [6.45, 7) is 8.57. The normalized spacial score (nSPS) is 30.6. The van der Waals surface area contributed by atoms with E-state index in [2.05, 4.69) is 43.5 Å². The highest BCUT2D eigenvalue weighted by molar-refractivity contribution is 7.99. The Morgan fingerprint density at radius 1 is 1.22 bits per heavy atom. The van der Waals surface area contributed by atoms with E-state index in [0.717, 1.165) is 24.8 Å². The number of amides is 2. The first-order valence-electron chi connectivity index (χ1n) is 10.2. The van der Waals surface area contributed by atoms with Crippen LogP contribution >= 0.6 is 11.8 Å². The summed E-state index contributed by atoms with van der Waals surface area (Å²) < 4.78 is 0. The largest absolute Gasteiger partial charge is 0.353 e.